The fourth-order valence-electron chi connectivity index (χ4n) is 1.67. The van der Waals surface area contributed by atoms with Gasteiger partial charge in [-0.05, 0) is 35.5 Å². The predicted octanol–water partition coefficient (Wildman–Crippen LogP) is 2.73. The van der Waals surface area contributed by atoms with Crippen LogP contribution in [0.2, 0.25) is 0 Å². The fourth-order valence-corrected chi connectivity index (χ4v) is 6.24. The molecule has 2 aromatic heterocycles. The fraction of sp³-hybridized carbons (Fsp3) is 0.417. The van der Waals surface area contributed by atoms with Crippen molar-refractivity contribution in [3.63, 3.8) is 0 Å². The van der Waals surface area contributed by atoms with Crippen molar-refractivity contribution >= 4 is 48.6 Å². The van der Waals surface area contributed by atoms with Gasteiger partial charge < -0.3 is 5.32 Å². The average Bonchev–Trinajstić information content (AvgIpc) is 3.04. The number of hydrogen-bond acceptors (Lipinski definition) is 6. The smallest absolute Gasteiger partial charge is 0.242 e. The largest absolute Gasteiger partial charge is 0.315 e. The highest BCUT2D eigenvalue weighted by Gasteiger charge is 2.21. The lowest BCUT2D eigenvalue weighted by molar-refractivity contribution is 0.581. The number of rotatable bonds is 7. The lowest BCUT2D eigenvalue weighted by atomic mass is 10.4. The van der Waals surface area contributed by atoms with Gasteiger partial charge in [0, 0.05) is 22.5 Å². The molecule has 0 saturated carbocycles. The summed E-state index contributed by atoms with van der Waals surface area (Å²) in [5.74, 6) is 0. The minimum Gasteiger partial charge on any atom is -0.315 e. The zero-order chi connectivity index (χ0) is 15.5. The maximum absolute atomic E-state index is 12.3. The Hall–Kier alpha value is -0.320. The molecule has 0 aliphatic carbocycles. The van der Waals surface area contributed by atoms with Gasteiger partial charge in [-0.25, -0.2) is 18.1 Å². The van der Waals surface area contributed by atoms with Crippen LogP contribution in [0.3, 0.4) is 0 Å². The van der Waals surface area contributed by atoms with Gasteiger partial charge in [-0.1, -0.05) is 6.92 Å². The zero-order valence-electron chi connectivity index (χ0n) is 11.6. The molecular formula is C12H16BrN3O2S3. The minimum absolute atomic E-state index is 0.219. The summed E-state index contributed by atoms with van der Waals surface area (Å²) in [7, 11) is -1.70. The maximum atomic E-state index is 12.3. The van der Waals surface area contributed by atoms with Crippen molar-refractivity contribution in [1.29, 1.82) is 0 Å². The van der Waals surface area contributed by atoms with Crippen LogP contribution in [0.4, 0.5) is 0 Å². The summed E-state index contributed by atoms with van der Waals surface area (Å²) in [5.41, 5.74) is 0. The Morgan fingerprint density at radius 2 is 2.05 bits per heavy atom. The summed E-state index contributed by atoms with van der Waals surface area (Å²) in [6.45, 7) is 2.91. The molecule has 2 heterocycles. The Morgan fingerprint density at radius 1 is 1.29 bits per heavy atom. The molecule has 0 aliphatic heterocycles. The van der Waals surface area contributed by atoms with E-state index in [2.05, 4.69) is 31.0 Å². The molecule has 0 bridgehead atoms. The third kappa shape index (κ3) is 4.33. The van der Waals surface area contributed by atoms with E-state index >= 15 is 0 Å². The van der Waals surface area contributed by atoms with Gasteiger partial charge in [0.1, 0.15) is 9.90 Å². The van der Waals surface area contributed by atoms with Gasteiger partial charge in [-0.3, -0.25) is 0 Å². The van der Waals surface area contributed by atoms with Gasteiger partial charge in [0.2, 0.25) is 10.0 Å². The van der Waals surface area contributed by atoms with E-state index in [1.807, 2.05) is 14.0 Å². The van der Waals surface area contributed by atoms with Crippen LogP contribution in [0.15, 0.2) is 20.9 Å². The SMILES string of the molecule is CCc1cnc(CNS(=O)(=O)c2cc(CNC)sc2Br)s1. The molecule has 116 valence electrons. The molecule has 0 spiro atoms. The molecule has 2 aromatic rings. The summed E-state index contributed by atoms with van der Waals surface area (Å²) in [6.07, 6.45) is 2.70. The summed E-state index contributed by atoms with van der Waals surface area (Å²) in [6, 6.07) is 1.69. The quantitative estimate of drug-likeness (QED) is 0.737. The van der Waals surface area contributed by atoms with Crippen LogP contribution < -0.4 is 10.0 Å². The second kappa shape index (κ2) is 7.30. The highest BCUT2D eigenvalue weighted by Crippen LogP contribution is 2.31. The number of thiazole rings is 1. The van der Waals surface area contributed by atoms with E-state index in [0.29, 0.717) is 10.3 Å². The Kier molecular flexibility index (Phi) is 5.92. The first kappa shape index (κ1) is 17.0. The van der Waals surface area contributed by atoms with Gasteiger partial charge in [0.25, 0.3) is 0 Å². The summed E-state index contributed by atoms with van der Waals surface area (Å²) in [4.78, 5) is 6.61. The van der Waals surface area contributed by atoms with Crippen LogP contribution in [0.1, 0.15) is 21.7 Å². The second-order valence-corrected chi connectivity index (χ2v) is 9.67. The summed E-state index contributed by atoms with van der Waals surface area (Å²) >= 11 is 6.27. The van der Waals surface area contributed by atoms with E-state index < -0.39 is 10.0 Å². The first-order valence-corrected chi connectivity index (χ1v) is 10.2. The number of sulfonamides is 1. The van der Waals surface area contributed by atoms with E-state index in [-0.39, 0.29) is 11.4 Å². The molecule has 0 aromatic carbocycles. The monoisotopic (exact) mass is 409 g/mol. The van der Waals surface area contributed by atoms with Crippen molar-refractivity contribution in [2.24, 2.45) is 0 Å². The van der Waals surface area contributed by atoms with Crippen LogP contribution in [-0.2, 0) is 29.5 Å². The van der Waals surface area contributed by atoms with Crippen molar-refractivity contribution in [2.75, 3.05) is 7.05 Å². The van der Waals surface area contributed by atoms with Gasteiger partial charge in [-0.2, -0.15) is 0 Å². The first-order chi connectivity index (χ1) is 9.96. The number of thiophene rings is 1. The average molecular weight is 410 g/mol. The van der Waals surface area contributed by atoms with Gasteiger partial charge in [-0.15, -0.1) is 22.7 Å². The predicted molar refractivity (Wildman–Crippen MR) is 90.3 cm³/mol. The zero-order valence-corrected chi connectivity index (χ0v) is 15.7. The number of hydrogen-bond donors (Lipinski definition) is 2. The number of aromatic nitrogens is 1. The number of nitrogens with one attached hydrogen (secondary N) is 2. The van der Waals surface area contributed by atoms with E-state index in [1.54, 1.807) is 12.3 Å². The Labute approximate surface area is 141 Å². The van der Waals surface area contributed by atoms with Crippen molar-refractivity contribution in [3.05, 3.63) is 30.8 Å². The molecule has 0 aliphatic rings. The molecule has 0 amide bonds. The standard InChI is InChI=1S/C12H16BrN3O2S3/c1-3-8-6-15-11(19-8)7-16-21(17,18)10-4-9(5-14-2)20-12(10)13/h4,6,14,16H,3,5,7H2,1-2H3. The van der Waals surface area contributed by atoms with Crippen LogP contribution in [0.25, 0.3) is 0 Å². The third-order valence-electron chi connectivity index (χ3n) is 2.71. The third-order valence-corrected chi connectivity index (χ3v) is 7.51. The van der Waals surface area contributed by atoms with E-state index in [1.165, 1.54) is 22.7 Å². The lowest BCUT2D eigenvalue weighted by Gasteiger charge is -2.03. The molecule has 0 saturated heterocycles. The number of nitrogens with zero attached hydrogens (tertiary/aromatic N) is 1. The summed E-state index contributed by atoms with van der Waals surface area (Å²) < 4.78 is 27.9. The molecule has 0 atom stereocenters. The highest BCUT2D eigenvalue weighted by molar-refractivity contribution is 9.11. The molecule has 21 heavy (non-hydrogen) atoms. The van der Waals surface area contributed by atoms with Gasteiger partial charge >= 0.3 is 0 Å². The van der Waals surface area contributed by atoms with Crippen molar-refractivity contribution < 1.29 is 8.42 Å². The molecule has 0 radical (unpaired) electrons. The lowest BCUT2D eigenvalue weighted by Crippen LogP contribution is -2.23. The van der Waals surface area contributed by atoms with Gasteiger partial charge in [0.05, 0.1) is 10.3 Å². The number of halogens is 1. The second-order valence-electron chi connectivity index (χ2n) is 4.28. The van der Waals surface area contributed by atoms with Crippen LogP contribution in [0, 0.1) is 0 Å². The molecule has 9 heteroatoms. The van der Waals surface area contributed by atoms with Crippen LogP contribution in [-0.4, -0.2) is 20.4 Å². The van der Waals surface area contributed by atoms with Crippen molar-refractivity contribution in [1.82, 2.24) is 15.0 Å². The molecular weight excluding hydrogens is 394 g/mol. The molecule has 2 rings (SSSR count). The Bertz CT molecular complexity index is 709. The normalized spacial score (nSPS) is 12.0. The van der Waals surface area contributed by atoms with E-state index in [4.69, 9.17) is 0 Å². The minimum atomic E-state index is -3.53. The molecule has 5 nitrogen and oxygen atoms in total. The molecule has 2 N–H and O–H groups in total. The van der Waals surface area contributed by atoms with Crippen LogP contribution in [0.5, 0.6) is 0 Å². The van der Waals surface area contributed by atoms with E-state index in [0.717, 1.165) is 21.2 Å². The first-order valence-electron chi connectivity index (χ1n) is 6.32. The topological polar surface area (TPSA) is 71.1 Å². The van der Waals surface area contributed by atoms with Crippen LogP contribution >= 0.6 is 38.6 Å². The van der Waals surface area contributed by atoms with Crippen molar-refractivity contribution in [2.45, 2.75) is 31.3 Å². The highest BCUT2D eigenvalue weighted by atomic mass is 79.9. The van der Waals surface area contributed by atoms with Gasteiger partial charge in [0.15, 0.2) is 0 Å². The molecule has 0 fully saturated rings. The van der Waals surface area contributed by atoms with Crippen molar-refractivity contribution in [3.8, 4) is 0 Å². The molecule has 0 unspecified atom stereocenters. The Balaban J connectivity index is 2.10. The summed E-state index contributed by atoms with van der Waals surface area (Å²) in [5, 5.41) is 3.78. The number of aryl methyl sites for hydroxylation is 1. The maximum Gasteiger partial charge on any atom is 0.242 e. The Morgan fingerprint density at radius 3 is 2.67 bits per heavy atom. The van der Waals surface area contributed by atoms with E-state index in [9.17, 15) is 8.42 Å².